The maximum Gasteiger partial charge on any atom is 0.261 e. The number of sulfone groups is 1. The molecule has 1 aliphatic carbocycles. The number of nitrogens with zero attached hydrogens (tertiary/aromatic N) is 1. The van der Waals surface area contributed by atoms with Gasteiger partial charge in [0.2, 0.25) is 0 Å². The first-order valence-electron chi connectivity index (χ1n) is 7.10. The van der Waals surface area contributed by atoms with Crippen LogP contribution in [0.25, 0.3) is 0 Å². The molecule has 2 aliphatic rings. The summed E-state index contributed by atoms with van der Waals surface area (Å²) < 4.78 is 23.0. The predicted octanol–water partition coefficient (Wildman–Crippen LogP) is 0.123. The van der Waals surface area contributed by atoms with Crippen molar-refractivity contribution in [2.75, 3.05) is 18.6 Å². The molecule has 6 nitrogen and oxygen atoms in total. The Kier molecular flexibility index (Phi) is 3.39. The van der Waals surface area contributed by atoms with Gasteiger partial charge in [-0.2, -0.15) is 0 Å². The maximum absolute atomic E-state index is 12.5. The van der Waals surface area contributed by atoms with Crippen LogP contribution < -0.4 is 5.56 Å². The number of aromatic amines is 1. The minimum absolute atomic E-state index is 0.0158. The zero-order chi connectivity index (χ0) is 15.2. The zero-order valence-electron chi connectivity index (χ0n) is 11.9. The van der Waals surface area contributed by atoms with E-state index in [-0.39, 0.29) is 28.7 Å². The minimum atomic E-state index is -3.06. The molecule has 0 aromatic carbocycles. The van der Waals surface area contributed by atoms with E-state index in [1.807, 2.05) is 0 Å². The van der Waals surface area contributed by atoms with Crippen LogP contribution in [0.3, 0.4) is 0 Å². The smallest absolute Gasteiger partial charge is 0.261 e. The van der Waals surface area contributed by atoms with Crippen molar-refractivity contribution < 1.29 is 13.2 Å². The summed E-state index contributed by atoms with van der Waals surface area (Å²) in [6.07, 6.45) is 3.14. The highest BCUT2D eigenvalue weighted by Gasteiger charge is 2.34. The van der Waals surface area contributed by atoms with Crippen molar-refractivity contribution >= 4 is 15.7 Å². The Morgan fingerprint density at radius 2 is 2.14 bits per heavy atom. The number of fused-ring (bicyclic) bond motifs is 1. The van der Waals surface area contributed by atoms with Crippen molar-refractivity contribution in [1.82, 2.24) is 9.88 Å². The topological polar surface area (TPSA) is 87.3 Å². The second-order valence-electron chi connectivity index (χ2n) is 5.84. The number of hydrogen-bond donors (Lipinski definition) is 1. The van der Waals surface area contributed by atoms with E-state index in [1.54, 1.807) is 13.1 Å². The predicted molar refractivity (Wildman–Crippen MR) is 78.2 cm³/mol. The van der Waals surface area contributed by atoms with Gasteiger partial charge in [-0.05, 0) is 37.3 Å². The van der Waals surface area contributed by atoms with Gasteiger partial charge in [-0.15, -0.1) is 0 Å². The molecule has 0 saturated carbocycles. The van der Waals surface area contributed by atoms with Gasteiger partial charge >= 0.3 is 0 Å². The van der Waals surface area contributed by atoms with Crippen LogP contribution in [0.5, 0.6) is 0 Å². The van der Waals surface area contributed by atoms with E-state index in [4.69, 9.17) is 0 Å². The highest BCUT2D eigenvalue weighted by molar-refractivity contribution is 7.91. The molecular formula is C14H18N2O4S. The lowest BCUT2D eigenvalue weighted by atomic mass is 10.1. The van der Waals surface area contributed by atoms with Gasteiger partial charge in [0.15, 0.2) is 9.84 Å². The van der Waals surface area contributed by atoms with E-state index >= 15 is 0 Å². The van der Waals surface area contributed by atoms with Crippen LogP contribution in [0.2, 0.25) is 0 Å². The molecule has 1 aliphatic heterocycles. The molecule has 1 fully saturated rings. The molecule has 1 aromatic heterocycles. The van der Waals surface area contributed by atoms with E-state index in [9.17, 15) is 18.0 Å². The molecular weight excluding hydrogens is 292 g/mol. The third-order valence-electron chi connectivity index (χ3n) is 4.39. The van der Waals surface area contributed by atoms with Gasteiger partial charge in [0, 0.05) is 18.8 Å². The van der Waals surface area contributed by atoms with Crippen LogP contribution in [-0.2, 0) is 22.7 Å². The molecule has 3 rings (SSSR count). The molecule has 1 amide bonds. The Balaban J connectivity index is 1.87. The van der Waals surface area contributed by atoms with Gasteiger partial charge in [-0.25, -0.2) is 8.42 Å². The lowest BCUT2D eigenvalue weighted by molar-refractivity contribution is 0.0745. The summed E-state index contributed by atoms with van der Waals surface area (Å²) in [5.41, 5.74) is 1.67. The van der Waals surface area contributed by atoms with E-state index in [2.05, 4.69) is 4.98 Å². The molecule has 21 heavy (non-hydrogen) atoms. The van der Waals surface area contributed by atoms with Gasteiger partial charge in [-0.1, -0.05) is 0 Å². The molecule has 0 bridgehead atoms. The molecule has 1 atom stereocenters. The van der Waals surface area contributed by atoms with Gasteiger partial charge in [0.25, 0.3) is 11.5 Å². The average molecular weight is 310 g/mol. The second kappa shape index (κ2) is 4.98. The Hall–Kier alpha value is -1.63. The molecule has 0 spiro atoms. The van der Waals surface area contributed by atoms with Gasteiger partial charge in [0.1, 0.15) is 5.56 Å². The lowest BCUT2D eigenvalue weighted by Crippen LogP contribution is -2.40. The Morgan fingerprint density at radius 3 is 2.81 bits per heavy atom. The number of amides is 1. The highest BCUT2D eigenvalue weighted by atomic mass is 32.2. The van der Waals surface area contributed by atoms with Crippen molar-refractivity contribution in [2.45, 2.75) is 31.7 Å². The van der Waals surface area contributed by atoms with Gasteiger partial charge < -0.3 is 9.88 Å². The molecule has 2 heterocycles. The molecule has 114 valence electrons. The van der Waals surface area contributed by atoms with Crippen molar-refractivity contribution in [3.8, 4) is 0 Å². The summed E-state index contributed by atoms with van der Waals surface area (Å²) in [7, 11) is -1.49. The first kappa shape index (κ1) is 14.3. The summed E-state index contributed by atoms with van der Waals surface area (Å²) >= 11 is 0. The number of carbonyl (C=O) groups excluding carboxylic acids is 1. The molecule has 0 unspecified atom stereocenters. The summed E-state index contributed by atoms with van der Waals surface area (Å²) in [5.74, 6) is -0.304. The molecule has 0 radical (unpaired) electrons. The molecule has 1 N–H and O–H groups in total. The Bertz CT molecular complexity index is 751. The van der Waals surface area contributed by atoms with Crippen LogP contribution in [0.1, 0.15) is 34.5 Å². The highest BCUT2D eigenvalue weighted by Crippen LogP contribution is 2.21. The number of nitrogens with one attached hydrogen (secondary N) is 1. The Labute approximate surface area is 123 Å². The third-order valence-corrected chi connectivity index (χ3v) is 6.15. The number of hydrogen-bond acceptors (Lipinski definition) is 4. The number of H-pyrrole nitrogens is 1. The largest absolute Gasteiger partial charge is 0.337 e. The van der Waals surface area contributed by atoms with E-state index in [0.717, 1.165) is 30.5 Å². The van der Waals surface area contributed by atoms with Crippen LogP contribution in [0.15, 0.2) is 10.9 Å². The van der Waals surface area contributed by atoms with Crippen LogP contribution >= 0.6 is 0 Å². The van der Waals surface area contributed by atoms with Gasteiger partial charge in [-0.3, -0.25) is 9.59 Å². The SMILES string of the molecule is CN(C(=O)c1cc2c([nH]c1=O)CCC2)[C@@H]1CCS(=O)(=O)C1. The fraction of sp³-hybridized carbons (Fsp3) is 0.571. The minimum Gasteiger partial charge on any atom is -0.337 e. The zero-order valence-corrected chi connectivity index (χ0v) is 12.7. The van der Waals surface area contributed by atoms with Crippen LogP contribution in [0, 0.1) is 0 Å². The summed E-state index contributed by atoms with van der Waals surface area (Å²) in [5, 5.41) is 0. The Morgan fingerprint density at radius 1 is 1.38 bits per heavy atom. The number of pyridine rings is 1. The third kappa shape index (κ3) is 2.62. The number of aryl methyl sites for hydroxylation is 2. The fourth-order valence-electron chi connectivity index (χ4n) is 3.11. The number of rotatable bonds is 2. The van der Waals surface area contributed by atoms with Crippen LogP contribution in [-0.4, -0.2) is 48.8 Å². The van der Waals surface area contributed by atoms with Crippen molar-refractivity contribution in [1.29, 1.82) is 0 Å². The van der Waals surface area contributed by atoms with Crippen molar-refractivity contribution in [3.63, 3.8) is 0 Å². The lowest BCUT2D eigenvalue weighted by Gasteiger charge is -2.23. The van der Waals surface area contributed by atoms with E-state index in [1.165, 1.54) is 4.90 Å². The van der Waals surface area contributed by atoms with Crippen LogP contribution in [0.4, 0.5) is 0 Å². The molecule has 1 aromatic rings. The molecule has 7 heteroatoms. The second-order valence-corrected chi connectivity index (χ2v) is 8.07. The van der Waals surface area contributed by atoms with E-state index in [0.29, 0.717) is 6.42 Å². The van der Waals surface area contributed by atoms with Crippen molar-refractivity contribution in [2.24, 2.45) is 0 Å². The molecule has 1 saturated heterocycles. The van der Waals surface area contributed by atoms with Crippen molar-refractivity contribution in [3.05, 3.63) is 33.2 Å². The summed E-state index contributed by atoms with van der Waals surface area (Å²) in [4.78, 5) is 28.7. The summed E-state index contributed by atoms with van der Waals surface area (Å²) in [6, 6.07) is 1.33. The normalized spacial score (nSPS) is 23.0. The maximum atomic E-state index is 12.5. The number of aromatic nitrogens is 1. The monoisotopic (exact) mass is 310 g/mol. The first-order valence-corrected chi connectivity index (χ1v) is 8.92. The summed E-state index contributed by atoms with van der Waals surface area (Å²) in [6.45, 7) is 0. The number of carbonyl (C=O) groups is 1. The standard InChI is InChI=1S/C14H18N2O4S/c1-16(10-5-6-21(19,20)8-10)14(18)11-7-9-3-2-4-12(9)15-13(11)17/h7,10H,2-6,8H2,1H3,(H,15,17)/t10-/m1/s1. The average Bonchev–Trinajstić information content (AvgIpc) is 3.01. The van der Waals surface area contributed by atoms with Gasteiger partial charge in [0.05, 0.1) is 11.5 Å². The first-order chi connectivity index (χ1) is 9.87. The fourth-order valence-corrected chi connectivity index (χ4v) is 4.88. The quantitative estimate of drug-likeness (QED) is 0.840. The van der Waals surface area contributed by atoms with E-state index < -0.39 is 15.7 Å².